The Morgan fingerprint density at radius 2 is 1.86 bits per heavy atom. The lowest BCUT2D eigenvalue weighted by atomic mass is 9.82. The molecule has 2 fully saturated rings. The second-order valence-corrected chi connectivity index (χ2v) is 7.37. The number of fused-ring (bicyclic) bond motifs is 5. The van der Waals surface area contributed by atoms with Gasteiger partial charge in [0.2, 0.25) is 0 Å². The molecule has 6 atom stereocenters. The molecule has 3 rings (SSSR count). The lowest BCUT2D eigenvalue weighted by molar-refractivity contribution is -0.147. The number of amides is 1. The molecule has 1 amide bonds. The van der Waals surface area contributed by atoms with Crippen LogP contribution in [0, 0.1) is 23.7 Å². The maximum atomic E-state index is 12.5. The van der Waals surface area contributed by atoms with E-state index in [0.29, 0.717) is 6.54 Å². The van der Waals surface area contributed by atoms with E-state index in [2.05, 4.69) is 0 Å². The van der Waals surface area contributed by atoms with Crippen molar-refractivity contribution in [1.82, 2.24) is 4.90 Å². The first-order valence-electron chi connectivity index (χ1n) is 7.68. The quantitative estimate of drug-likeness (QED) is 0.581. The van der Waals surface area contributed by atoms with Crippen molar-refractivity contribution < 1.29 is 24.2 Å². The molecule has 0 spiro atoms. The highest BCUT2D eigenvalue weighted by molar-refractivity contribution is 5.83. The van der Waals surface area contributed by atoms with Gasteiger partial charge in [0.05, 0.1) is 13.2 Å². The van der Waals surface area contributed by atoms with Crippen LogP contribution in [0.2, 0.25) is 0 Å². The third-order valence-corrected chi connectivity index (χ3v) is 4.96. The highest BCUT2D eigenvalue weighted by Crippen LogP contribution is 2.54. The van der Waals surface area contributed by atoms with Gasteiger partial charge in [0.15, 0.2) is 0 Å². The van der Waals surface area contributed by atoms with E-state index < -0.39 is 29.8 Å². The molecule has 2 bridgehead atoms. The summed E-state index contributed by atoms with van der Waals surface area (Å²) in [6.07, 6.45) is 3.02. The molecule has 22 heavy (non-hydrogen) atoms. The average Bonchev–Trinajstić information content (AvgIpc) is 3.04. The molecule has 0 radical (unpaired) electrons. The van der Waals surface area contributed by atoms with Crippen molar-refractivity contribution in [3.05, 3.63) is 12.2 Å². The fourth-order valence-electron chi connectivity index (χ4n) is 4.19. The predicted molar refractivity (Wildman–Crippen MR) is 77.9 cm³/mol. The number of carbonyl (C=O) groups is 2. The maximum absolute atomic E-state index is 12.5. The Bertz CT molecular complexity index is 523. The molecule has 1 heterocycles. The molecule has 1 N–H and O–H groups in total. The zero-order valence-electron chi connectivity index (χ0n) is 13.4. The molecule has 2 unspecified atom stereocenters. The van der Waals surface area contributed by atoms with E-state index in [9.17, 15) is 14.7 Å². The molecule has 1 saturated heterocycles. The van der Waals surface area contributed by atoms with Crippen LogP contribution >= 0.6 is 0 Å². The van der Waals surface area contributed by atoms with Gasteiger partial charge >= 0.3 is 12.1 Å². The molecule has 3 aliphatic rings. The largest absolute Gasteiger partial charge is 0.467 e. The van der Waals surface area contributed by atoms with E-state index in [1.54, 1.807) is 20.8 Å². The number of likely N-dealkylation sites (tertiary alicyclic amines) is 1. The number of methoxy groups -OCH3 is 1. The minimum absolute atomic E-state index is 0.00888. The molecule has 1 saturated carbocycles. The van der Waals surface area contributed by atoms with Crippen molar-refractivity contribution in [2.75, 3.05) is 13.7 Å². The van der Waals surface area contributed by atoms with Crippen LogP contribution in [0.3, 0.4) is 0 Å². The lowest BCUT2D eigenvalue weighted by Crippen LogP contribution is -2.47. The average molecular weight is 309 g/mol. The highest BCUT2D eigenvalue weighted by atomic mass is 16.6. The van der Waals surface area contributed by atoms with E-state index in [1.807, 2.05) is 12.2 Å². The predicted octanol–water partition coefficient (Wildman–Crippen LogP) is 1.19. The van der Waals surface area contributed by atoms with Gasteiger partial charge < -0.3 is 14.6 Å². The number of nitrogens with zero attached hydrogens (tertiary/aromatic N) is 1. The fourth-order valence-corrected chi connectivity index (χ4v) is 4.19. The van der Waals surface area contributed by atoms with Gasteiger partial charge in [-0.3, -0.25) is 4.90 Å². The molecule has 1 aliphatic heterocycles. The molecule has 0 aromatic rings. The summed E-state index contributed by atoms with van der Waals surface area (Å²) in [6.45, 7) is 5.81. The monoisotopic (exact) mass is 309 g/mol. The van der Waals surface area contributed by atoms with E-state index in [0.717, 1.165) is 0 Å². The number of ether oxygens (including phenoxy) is 2. The van der Waals surface area contributed by atoms with Crippen LogP contribution in [0.4, 0.5) is 4.79 Å². The van der Waals surface area contributed by atoms with Crippen molar-refractivity contribution in [3.63, 3.8) is 0 Å². The summed E-state index contributed by atoms with van der Waals surface area (Å²) < 4.78 is 10.3. The summed E-state index contributed by atoms with van der Waals surface area (Å²) >= 11 is 0. The van der Waals surface area contributed by atoms with Crippen LogP contribution in [0.15, 0.2) is 12.2 Å². The Kier molecular flexibility index (Phi) is 3.47. The molecule has 2 aliphatic carbocycles. The molecule has 122 valence electrons. The summed E-state index contributed by atoms with van der Waals surface area (Å²) in [5.41, 5.74) is -0.619. The standard InChI is InChI=1S/C16H23NO5/c1-16(2,3)22-15(20)17-7-10-8-5-6-9(13(8)18)11(10)12(17)14(19)21-4/h5-6,8-13,18H,7H2,1-4H3/t8?,9?,10-,11+,12+,13+/m1/s1. The Hall–Kier alpha value is -1.56. The van der Waals surface area contributed by atoms with Crippen LogP contribution in [0.1, 0.15) is 20.8 Å². The van der Waals surface area contributed by atoms with E-state index in [4.69, 9.17) is 9.47 Å². The van der Waals surface area contributed by atoms with Crippen molar-refractivity contribution >= 4 is 12.1 Å². The van der Waals surface area contributed by atoms with Crippen molar-refractivity contribution in [2.24, 2.45) is 23.7 Å². The molecule has 0 aromatic carbocycles. The Morgan fingerprint density at radius 3 is 2.45 bits per heavy atom. The first kappa shape index (κ1) is 15.3. The van der Waals surface area contributed by atoms with Crippen LogP contribution in [-0.2, 0) is 14.3 Å². The van der Waals surface area contributed by atoms with E-state index in [-0.39, 0.29) is 23.7 Å². The number of rotatable bonds is 1. The molecule has 6 nitrogen and oxygen atoms in total. The van der Waals surface area contributed by atoms with E-state index in [1.165, 1.54) is 12.0 Å². The van der Waals surface area contributed by atoms with E-state index >= 15 is 0 Å². The van der Waals surface area contributed by atoms with Crippen molar-refractivity contribution in [1.29, 1.82) is 0 Å². The topological polar surface area (TPSA) is 76.1 Å². The first-order valence-corrected chi connectivity index (χ1v) is 7.68. The number of hydrogen-bond donors (Lipinski definition) is 1. The smallest absolute Gasteiger partial charge is 0.411 e. The van der Waals surface area contributed by atoms with Gasteiger partial charge in [-0.05, 0) is 26.7 Å². The number of aliphatic hydroxyl groups is 1. The zero-order chi connectivity index (χ0) is 16.2. The van der Waals surface area contributed by atoms with Gasteiger partial charge in [0, 0.05) is 24.3 Å². The molecule has 6 heteroatoms. The zero-order valence-corrected chi connectivity index (χ0v) is 13.4. The number of aliphatic hydroxyl groups excluding tert-OH is 1. The Balaban J connectivity index is 1.87. The second-order valence-electron chi connectivity index (χ2n) is 7.37. The van der Waals surface area contributed by atoms with Gasteiger partial charge in [-0.2, -0.15) is 0 Å². The minimum atomic E-state index is -0.681. The van der Waals surface area contributed by atoms with Gasteiger partial charge in [-0.1, -0.05) is 12.2 Å². The Labute approximate surface area is 130 Å². The summed E-state index contributed by atoms with van der Waals surface area (Å²) in [4.78, 5) is 26.2. The fraction of sp³-hybridized carbons (Fsp3) is 0.750. The van der Waals surface area contributed by atoms with Crippen molar-refractivity contribution in [2.45, 2.75) is 38.5 Å². The van der Waals surface area contributed by atoms with Crippen LogP contribution < -0.4 is 0 Å². The van der Waals surface area contributed by atoms with Crippen LogP contribution in [0.25, 0.3) is 0 Å². The van der Waals surface area contributed by atoms with Crippen molar-refractivity contribution in [3.8, 4) is 0 Å². The SMILES string of the molecule is COC(=O)[C@@H]1[C@H]2C3C=CC([C@@H]3O)[C@H]2CN1C(=O)OC(C)(C)C. The first-order chi connectivity index (χ1) is 10.2. The third kappa shape index (κ3) is 2.20. The Morgan fingerprint density at radius 1 is 1.23 bits per heavy atom. The third-order valence-electron chi connectivity index (χ3n) is 4.96. The lowest BCUT2D eigenvalue weighted by Gasteiger charge is -2.30. The minimum Gasteiger partial charge on any atom is -0.467 e. The summed E-state index contributed by atoms with van der Waals surface area (Å²) in [5, 5.41) is 10.3. The summed E-state index contributed by atoms with van der Waals surface area (Å²) in [5.74, 6) is -0.528. The normalized spacial score (nSPS) is 39.0. The van der Waals surface area contributed by atoms with Gasteiger partial charge in [-0.25, -0.2) is 9.59 Å². The number of hydrogen-bond acceptors (Lipinski definition) is 5. The number of carbonyl (C=O) groups excluding carboxylic acids is 2. The summed E-state index contributed by atoms with van der Waals surface area (Å²) in [7, 11) is 1.32. The maximum Gasteiger partial charge on any atom is 0.411 e. The van der Waals surface area contributed by atoms with Crippen LogP contribution in [-0.4, -0.2) is 53.5 Å². The summed E-state index contributed by atoms with van der Waals surface area (Å²) in [6, 6.07) is -0.681. The second kappa shape index (κ2) is 4.98. The van der Waals surface area contributed by atoms with Gasteiger partial charge in [-0.15, -0.1) is 0 Å². The molecular formula is C16H23NO5. The molecule has 0 aromatic heterocycles. The van der Waals surface area contributed by atoms with Crippen LogP contribution in [0.5, 0.6) is 0 Å². The molecular weight excluding hydrogens is 286 g/mol. The highest BCUT2D eigenvalue weighted by Gasteiger charge is 2.62. The van der Waals surface area contributed by atoms with Gasteiger partial charge in [0.25, 0.3) is 0 Å². The van der Waals surface area contributed by atoms with Gasteiger partial charge in [0.1, 0.15) is 11.6 Å². The number of esters is 1.